The van der Waals surface area contributed by atoms with Crippen molar-refractivity contribution in [3.63, 3.8) is 0 Å². The predicted octanol–water partition coefficient (Wildman–Crippen LogP) is 5.07. The van der Waals surface area contributed by atoms with Crippen molar-refractivity contribution in [1.82, 2.24) is 15.6 Å². The van der Waals surface area contributed by atoms with E-state index in [1.807, 2.05) is 37.4 Å². The van der Waals surface area contributed by atoms with Crippen LogP contribution in [-0.4, -0.2) is 29.9 Å². The van der Waals surface area contributed by atoms with Crippen LogP contribution in [0.25, 0.3) is 10.9 Å². The summed E-state index contributed by atoms with van der Waals surface area (Å²) in [5.41, 5.74) is 3.55. The molecule has 0 unspecified atom stereocenters. The molecule has 0 fully saturated rings. The number of hydrogen-bond donors (Lipinski definition) is 4. The lowest BCUT2D eigenvalue weighted by atomic mass is 10.1. The molecule has 4 rings (SSSR count). The molecule has 0 atom stereocenters. The zero-order valence-corrected chi connectivity index (χ0v) is 21.1. The number of nitrogens with zero attached hydrogens (tertiary/aromatic N) is 1. The minimum Gasteiger partial charge on any atom is -0.459 e. The third kappa shape index (κ3) is 6.60. The Bertz CT molecular complexity index is 1250. The maximum absolute atomic E-state index is 13.4. The third-order valence-corrected chi connectivity index (χ3v) is 5.11. The Morgan fingerprint density at radius 2 is 2.00 bits per heavy atom. The highest BCUT2D eigenvalue weighted by molar-refractivity contribution is 14.0. The number of H-pyrrole nitrogens is 1. The highest BCUT2D eigenvalue weighted by atomic mass is 127. The SMILES string of the molecule is CCNC(=NCc1cccc(NC(=O)c2ccco2)c1)NCCc1c[nH]c2cc(F)ccc12.I. The molecule has 0 radical (unpaired) electrons. The van der Waals surface area contributed by atoms with E-state index < -0.39 is 0 Å². The van der Waals surface area contributed by atoms with Gasteiger partial charge in [-0.25, -0.2) is 9.38 Å². The van der Waals surface area contributed by atoms with Crippen molar-refractivity contribution in [2.24, 2.45) is 4.99 Å². The van der Waals surface area contributed by atoms with Crippen LogP contribution >= 0.6 is 24.0 Å². The maximum atomic E-state index is 13.4. The average molecular weight is 575 g/mol. The molecule has 4 aromatic rings. The van der Waals surface area contributed by atoms with Crippen molar-refractivity contribution >= 4 is 52.4 Å². The molecule has 34 heavy (non-hydrogen) atoms. The van der Waals surface area contributed by atoms with E-state index in [2.05, 4.69) is 25.9 Å². The molecule has 0 aliphatic rings. The van der Waals surface area contributed by atoms with Crippen LogP contribution in [-0.2, 0) is 13.0 Å². The summed E-state index contributed by atoms with van der Waals surface area (Å²) in [6, 6.07) is 15.6. The van der Waals surface area contributed by atoms with Crippen molar-refractivity contribution in [2.45, 2.75) is 19.9 Å². The Kier molecular flexibility index (Phi) is 9.08. The fourth-order valence-corrected chi connectivity index (χ4v) is 3.54. The van der Waals surface area contributed by atoms with E-state index in [9.17, 15) is 9.18 Å². The Morgan fingerprint density at radius 1 is 1.12 bits per heavy atom. The number of nitrogens with one attached hydrogen (secondary N) is 4. The minimum absolute atomic E-state index is 0. The summed E-state index contributed by atoms with van der Waals surface area (Å²) >= 11 is 0. The van der Waals surface area contributed by atoms with E-state index in [1.165, 1.54) is 18.4 Å². The van der Waals surface area contributed by atoms with E-state index in [0.29, 0.717) is 24.7 Å². The van der Waals surface area contributed by atoms with E-state index in [0.717, 1.165) is 35.0 Å². The van der Waals surface area contributed by atoms with Crippen LogP contribution in [0.2, 0.25) is 0 Å². The fraction of sp³-hybridized carbons (Fsp3) is 0.200. The second kappa shape index (κ2) is 12.2. The number of halogens is 2. The number of guanidine groups is 1. The Labute approximate surface area is 214 Å². The van der Waals surface area contributed by atoms with Gasteiger partial charge in [-0.3, -0.25) is 4.79 Å². The summed E-state index contributed by atoms with van der Waals surface area (Å²) in [7, 11) is 0. The summed E-state index contributed by atoms with van der Waals surface area (Å²) in [4.78, 5) is 19.9. The number of fused-ring (bicyclic) bond motifs is 1. The van der Waals surface area contributed by atoms with Crippen LogP contribution in [0, 0.1) is 5.82 Å². The van der Waals surface area contributed by atoms with Gasteiger partial charge >= 0.3 is 0 Å². The number of benzene rings is 2. The molecule has 4 N–H and O–H groups in total. The standard InChI is InChI=1S/C25H26FN5O2.HI/c1-2-27-25(28-11-10-18-16-29-22-14-19(26)8-9-21(18)22)30-15-17-5-3-6-20(13-17)31-24(32)23-7-4-12-33-23;/h3-9,12-14,16,29H,2,10-11,15H2,1H3,(H,31,32)(H2,27,28,30);1H. The second-order valence-electron chi connectivity index (χ2n) is 7.51. The first kappa shape index (κ1) is 25.3. The lowest BCUT2D eigenvalue weighted by Gasteiger charge is -2.11. The minimum atomic E-state index is -0.296. The average Bonchev–Trinajstić information content (AvgIpc) is 3.48. The summed E-state index contributed by atoms with van der Waals surface area (Å²) in [6.07, 6.45) is 4.15. The van der Waals surface area contributed by atoms with E-state index in [1.54, 1.807) is 18.2 Å². The maximum Gasteiger partial charge on any atom is 0.291 e. The topological polar surface area (TPSA) is 94.4 Å². The zero-order chi connectivity index (χ0) is 23.0. The molecule has 178 valence electrons. The first-order valence-electron chi connectivity index (χ1n) is 10.8. The molecule has 0 saturated heterocycles. The van der Waals surface area contributed by atoms with E-state index in [4.69, 9.17) is 4.42 Å². The van der Waals surface area contributed by atoms with Gasteiger partial charge in [0.2, 0.25) is 0 Å². The van der Waals surface area contributed by atoms with Crippen LogP contribution in [0.1, 0.15) is 28.6 Å². The predicted molar refractivity (Wildman–Crippen MR) is 143 cm³/mol. The van der Waals surface area contributed by atoms with Crippen LogP contribution in [0.3, 0.4) is 0 Å². The van der Waals surface area contributed by atoms with E-state index >= 15 is 0 Å². The summed E-state index contributed by atoms with van der Waals surface area (Å²) in [6.45, 7) is 3.87. The highest BCUT2D eigenvalue weighted by Crippen LogP contribution is 2.19. The summed E-state index contributed by atoms with van der Waals surface area (Å²) in [5, 5.41) is 10.4. The second-order valence-corrected chi connectivity index (χ2v) is 7.51. The number of anilines is 1. The van der Waals surface area contributed by atoms with Gasteiger partial charge in [0.15, 0.2) is 11.7 Å². The Morgan fingerprint density at radius 3 is 2.79 bits per heavy atom. The van der Waals surface area contributed by atoms with Gasteiger partial charge in [0.25, 0.3) is 5.91 Å². The van der Waals surface area contributed by atoms with Crippen molar-refractivity contribution in [3.8, 4) is 0 Å². The Balaban J connectivity index is 0.00000324. The fourth-order valence-electron chi connectivity index (χ4n) is 3.54. The first-order valence-corrected chi connectivity index (χ1v) is 10.8. The summed E-state index contributed by atoms with van der Waals surface area (Å²) < 4.78 is 18.5. The molecule has 2 heterocycles. The third-order valence-electron chi connectivity index (χ3n) is 5.11. The lowest BCUT2D eigenvalue weighted by molar-refractivity contribution is 0.0996. The smallest absolute Gasteiger partial charge is 0.291 e. The van der Waals surface area contributed by atoms with Gasteiger partial charge in [-0.1, -0.05) is 12.1 Å². The zero-order valence-electron chi connectivity index (χ0n) is 18.7. The number of carbonyl (C=O) groups excluding carboxylic acids is 1. The van der Waals surface area contributed by atoms with Gasteiger partial charge in [0.1, 0.15) is 5.82 Å². The quantitative estimate of drug-likeness (QED) is 0.134. The van der Waals surface area contributed by atoms with Gasteiger partial charge < -0.3 is 25.4 Å². The van der Waals surface area contributed by atoms with Crippen molar-refractivity contribution in [2.75, 3.05) is 18.4 Å². The lowest BCUT2D eigenvalue weighted by Crippen LogP contribution is -2.38. The molecular formula is C25H27FIN5O2. The summed E-state index contributed by atoms with van der Waals surface area (Å²) in [5.74, 6) is 0.418. The van der Waals surface area contributed by atoms with Crippen molar-refractivity contribution in [3.05, 3.63) is 89.8 Å². The molecule has 0 aliphatic carbocycles. The van der Waals surface area contributed by atoms with Gasteiger partial charge in [0.05, 0.1) is 12.8 Å². The molecule has 0 aliphatic heterocycles. The number of hydrogen-bond acceptors (Lipinski definition) is 3. The molecule has 2 aromatic carbocycles. The number of aromatic amines is 1. The number of rotatable bonds is 8. The molecule has 0 spiro atoms. The van der Waals surface area contributed by atoms with Crippen molar-refractivity contribution in [1.29, 1.82) is 0 Å². The van der Waals surface area contributed by atoms with Crippen LogP contribution in [0.4, 0.5) is 10.1 Å². The number of aliphatic imine (C=N–C) groups is 1. The number of amides is 1. The number of aromatic nitrogens is 1. The first-order chi connectivity index (χ1) is 16.1. The van der Waals surface area contributed by atoms with Gasteiger partial charge in [-0.15, -0.1) is 24.0 Å². The van der Waals surface area contributed by atoms with Gasteiger partial charge in [-0.05, 0) is 66.9 Å². The normalized spacial score (nSPS) is 11.2. The van der Waals surface area contributed by atoms with Crippen LogP contribution in [0.15, 0.2) is 76.5 Å². The molecule has 1 amide bonds. The van der Waals surface area contributed by atoms with Crippen molar-refractivity contribution < 1.29 is 13.6 Å². The molecule has 0 bridgehead atoms. The molecule has 0 saturated carbocycles. The molecule has 2 aromatic heterocycles. The highest BCUT2D eigenvalue weighted by Gasteiger charge is 2.09. The number of furan rings is 1. The molecular weight excluding hydrogens is 548 g/mol. The largest absolute Gasteiger partial charge is 0.459 e. The van der Waals surface area contributed by atoms with Gasteiger partial charge in [-0.2, -0.15) is 0 Å². The van der Waals surface area contributed by atoms with E-state index in [-0.39, 0.29) is 41.5 Å². The molecule has 9 heteroatoms. The monoisotopic (exact) mass is 575 g/mol. The van der Waals surface area contributed by atoms with Crippen LogP contribution in [0.5, 0.6) is 0 Å². The van der Waals surface area contributed by atoms with Crippen LogP contribution < -0.4 is 16.0 Å². The number of carbonyl (C=O) groups is 1. The molecule has 7 nitrogen and oxygen atoms in total. The van der Waals surface area contributed by atoms with Gasteiger partial charge in [0, 0.05) is 35.9 Å². The Hall–Kier alpha value is -3.34.